The minimum Gasteiger partial charge on any atom is -0.329 e. The van der Waals surface area contributed by atoms with E-state index in [1.807, 2.05) is 19.1 Å². The normalized spacial score (nSPS) is 16.4. The molecule has 0 aromatic heterocycles. The van der Waals surface area contributed by atoms with Crippen molar-refractivity contribution < 1.29 is 4.39 Å². The molecule has 122 valence electrons. The molecule has 1 aliphatic carbocycles. The first-order chi connectivity index (χ1) is 9.15. The highest BCUT2D eigenvalue weighted by molar-refractivity contribution is 6.30. The average molecular weight is 358 g/mol. The molecule has 0 radical (unpaired) electrons. The Morgan fingerprint density at radius 1 is 1.33 bits per heavy atom. The number of halogens is 4. The Labute approximate surface area is 144 Å². The summed E-state index contributed by atoms with van der Waals surface area (Å²) in [7, 11) is 0. The van der Waals surface area contributed by atoms with Gasteiger partial charge in [0.25, 0.3) is 0 Å². The highest BCUT2D eigenvalue weighted by Crippen LogP contribution is 2.33. The van der Waals surface area contributed by atoms with Gasteiger partial charge in [-0.1, -0.05) is 36.6 Å². The summed E-state index contributed by atoms with van der Waals surface area (Å²) in [5.41, 5.74) is 6.39. The van der Waals surface area contributed by atoms with E-state index in [1.165, 1.54) is 25.7 Å². The van der Waals surface area contributed by atoms with Crippen LogP contribution in [0.25, 0.3) is 0 Å². The molecule has 1 saturated carbocycles. The fraction of sp³-hybridized carbons (Fsp3) is 0.600. The van der Waals surface area contributed by atoms with Crippen LogP contribution in [0.4, 0.5) is 4.39 Å². The van der Waals surface area contributed by atoms with Crippen molar-refractivity contribution in [3.8, 4) is 0 Å². The highest BCUT2D eigenvalue weighted by Gasteiger charge is 2.28. The van der Waals surface area contributed by atoms with Crippen LogP contribution in [-0.2, 0) is 0 Å². The van der Waals surface area contributed by atoms with E-state index < -0.39 is 0 Å². The Bertz CT molecular complexity index is 425. The van der Waals surface area contributed by atoms with Crippen molar-refractivity contribution in [2.75, 3.05) is 13.1 Å². The molecule has 0 aliphatic heterocycles. The lowest BCUT2D eigenvalue weighted by molar-refractivity contribution is 0.147. The van der Waals surface area contributed by atoms with Gasteiger partial charge in [0, 0.05) is 30.7 Å². The summed E-state index contributed by atoms with van der Waals surface area (Å²) in [5.74, 6) is -0.295. The summed E-state index contributed by atoms with van der Waals surface area (Å²) in [4.78, 5) is 2.34. The van der Waals surface area contributed by atoms with Crippen molar-refractivity contribution >= 4 is 36.4 Å². The van der Waals surface area contributed by atoms with Gasteiger partial charge in [0.1, 0.15) is 5.82 Å². The topological polar surface area (TPSA) is 29.3 Å². The van der Waals surface area contributed by atoms with Gasteiger partial charge in [-0.25, -0.2) is 4.39 Å². The van der Waals surface area contributed by atoms with E-state index in [9.17, 15) is 4.39 Å². The molecule has 2 N–H and O–H groups in total. The van der Waals surface area contributed by atoms with E-state index in [0.29, 0.717) is 18.2 Å². The summed E-state index contributed by atoms with van der Waals surface area (Å²) in [5, 5.41) is 0.198. The first-order valence-corrected chi connectivity index (χ1v) is 7.42. The van der Waals surface area contributed by atoms with Crippen LogP contribution < -0.4 is 5.73 Å². The van der Waals surface area contributed by atoms with Gasteiger partial charge in [-0.2, -0.15) is 0 Å². The lowest BCUT2D eigenvalue weighted by Crippen LogP contribution is -2.39. The second-order valence-electron chi connectivity index (χ2n) is 5.28. The van der Waals surface area contributed by atoms with Crippen LogP contribution in [0, 0.1) is 5.82 Å². The molecule has 1 unspecified atom stereocenters. The molecule has 1 fully saturated rings. The Balaban J connectivity index is 0.00000200. The minimum absolute atomic E-state index is 0. The van der Waals surface area contributed by atoms with Gasteiger partial charge in [-0.15, -0.1) is 24.8 Å². The van der Waals surface area contributed by atoms with Crippen LogP contribution in [0.2, 0.25) is 5.02 Å². The summed E-state index contributed by atoms with van der Waals surface area (Å²) < 4.78 is 14.1. The third-order valence-electron chi connectivity index (χ3n) is 4.11. The second kappa shape index (κ2) is 9.86. The summed E-state index contributed by atoms with van der Waals surface area (Å²) in [6, 6.07) is 5.77. The largest absolute Gasteiger partial charge is 0.329 e. The van der Waals surface area contributed by atoms with Gasteiger partial charge in [0.15, 0.2) is 0 Å². The SMILES string of the molecule is CC(c1cccc(Cl)c1F)N(CCN)C1CCCC1.Cl.Cl. The first-order valence-electron chi connectivity index (χ1n) is 7.05. The lowest BCUT2D eigenvalue weighted by Gasteiger charge is -2.34. The molecule has 2 nitrogen and oxygen atoms in total. The number of nitrogens with zero attached hydrogens (tertiary/aromatic N) is 1. The molecule has 0 saturated heterocycles. The molecule has 1 aliphatic rings. The molecule has 0 bridgehead atoms. The Morgan fingerprint density at radius 2 is 1.95 bits per heavy atom. The van der Waals surface area contributed by atoms with Crippen molar-refractivity contribution in [2.24, 2.45) is 5.73 Å². The summed E-state index contributed by atoms with van der Waals surface area (Å²) in [6.45, 7) is 3.45. The quantitative estimate of drug-likeness (QED) is 0.835. The standard InChI is InChI=1S/C15H22ClFN2.2ClH/c1-11(13-7-4-8-14(16)15(13)17)19(10-9-18)12-5-2-3-6-12;;/h4,7-8,11-12H,2-3,5-6,9-10,18H2,1H3;2*1H. The van der Waals surface area contributed by atoms with Crippen molar-refractivity contribution in [3.05, 3.63) is 34.6 Å². The van der Waals surface area contributed by atoms with Gasteiger partial charge < -0.3 is 5.73 Å². The smallest absolute Gasteiger partial charge is 0.146 e. The zero-order valence-electron chi connectivity index (χ0n) is 12.2. The van der Waals surface area contributed by atoms with E-state index in [4.69, 9.17) is 17.3 Å². The Hall–Kier alpha value is -0.0600. The maximum atomic E-state index is 14.1. The molecule has 1 aromatic carbocycles. The predicted octanol–water partition coefficient (Wildman–Crippen LogP) is 4.59. The molecule has 2 rings (SSSR count). The summed E-state index contributed by atoms with van der Waals surface area (Å²) in [6.07, 6.45) is 4.89. The van der Waals surface area contributed by atoms with Crippen molar-refractivity contribution in [1.29, 1.82) is 0 Å². The van der Waals surface area contributed by atoms with E-state index in [-0.39, 0.29) is 41.7 Å². The molecule has 6 heteroatoms. The number of benzene rings is 1. The molecule has 0 spiro atoms. The third kappa shape index (κ3) is 4.97. The zero-order chi connectivity index (χ0) is 13.8. The first kappa shape index (κ1) is 20.9. The van der Waals surface area contributed by atoms with E-state index in [1.54, 1.807) is 6.07 Å². The average Bonchev–Trinajstić information content (AvgIpc) is 2.92. The molecular formula is C15H24Cl3FN2. The van der Waals surface area contributed by atoms with E-state index >= 15 is 0 Å². The molecule has 0 amide bonds. The van der Waals surface area contributed by atoms with Gasteiger partial charge >= 0.3 is 0 Å². The van der Waals surface area contributed by atoms with Crippen LogP contribution >= 0.6 is 36.4 Å². The number of hydrogen-bond donors (Lipinski definition) is 1. The maximum Gasteiger partial charge on any atom is 0.146 e. The van der Waals surface area contributed by atoms with E-state index in [2.05, 4.69) is 4.90 Å². The number of rotatable bonds is 5. The third-order valence-corrected chi connectivity index (χ3v) is 4.40. The molecule has 1 atom stereocenters. The van der Waals surface area contributed by atoms with Crippen LogP contribution in [0.5, 0.6) is 0 Å². The number of nitrogens with two attached hydrogens (primary N) is 1. The van der Waals surface area contributed by atoms with Crippen LogP contribution in [0.3, 0.4) is 0 Å². The van der Waals surface area contributed by atoms with Crippen molar-refractivity contribution in [1.82, 2.24) is 4.90 Å². The number of hydrogen-bond acceptors (Lipinski definition) is 2. The Kier molecular flexibility index (Phi) is 9.83. The van der Waals surface area contributed by atoms with Crippen LogP contribution in [-0.4, -0.2) is 24.0 Å². The lowest BCUT2D eigenvalue weighted by atomic mass is 10.0. The molecule has 0 heterocycles. The van der Waals surface area contributed by atoms with Gasteiger partial charge in [-0.05, 0) is 25.8 Å². The van der Waals surface area contributed by atoms with Crippen molar-refractivity contribution in [2.45, 2.75) is 44.7 Å². The van der Waals surface area contributed by atoms with Gasteiger partial charge in [-0.3, -0.25) is 4.90 Å². The summed E-state index contributed by atoms with van der Waals surface area (Å²) >= 11 is 5.88. The second-order valence-corrected chi connectivity index (χ2v) is 5.69. The van der Waals surface area contributed by atoms with Crippen LogP contribution in [0.1, 0.15) is 44.2 Å². The highest BCUT2D eigenvalue weighted by atomic mass is 35.5. The fourth-order valence-electron chi connectivity index (χ4n) is 3.10. The van der Waals surface area contributed by atoms with Crippen molar-refractivity contribution in [3.63, 3.8) is 0 Å². The monoisotopic (exact) mass is 356 g/mol. The molecule has 1 aromatic rings. The maximum absolute atomic E-state index is 14.1. The van der Waals surface area contributed by atoms with Gasteiger partial charge in [0.05, 0.1) is 5.02 Å². The van der Waals surface area contributed by atoms with Gasteiger partial charge in [0.2, 0.25) is 0 Å². The minimum atomic E-state index is -0.295. The fourth-order valence-corrected chi connectivity index (χ4v) is 3.28. The molecular weight excluding hydrogens is 334 g/mol. The van der Waals surface area contributed by atoms with E-state index in [0.717, 1.165) is 6.54 Å². The zero-order valence-corrected chi connectivity index (χ0v) is 14.6. The molecule has 21 heavy (non-hydrogen) atoms. The predicted molar refractivity (Wildman–Crippen MR) is 92.3 cm³/mol. The van der Waals surface area contributed by atoms with Crippen LogP contribution in [0.15, 0.2) is 18.2 Å². The Morgan fingerprint density at radius 3 is 2.52 bits per heavy atom.